The van der Waals surface area contributed by atoms with Gasteiger partial charge in [-0.2, -0.15) is 0 Å². The zero-order chi connectivity index (χ0) is 19.8. The molecule has 2 aromatic rings. The molecule has 1 amide bonds. The van der Waals surface area contributed by atoms with Crippen LogP contribution in [0.1, 0.15) is 42.6 Å². The van der Waals surface area contributed by atoms with E-state index in [4.69, 9.17) is 9.47 Å². The molecule has 28 heavy (non-hydrogen) atoms. The van der Waals surface area contributed by atoms with E-state index in [0.29, 0.717) is 22.9 Å². The number of anilines is 2. The average molecular weight is 381 g/mol. The van der Waals surface area contributed by atoms with Crippen LogP contribution in [0.5, 0.6) is 11.5 Å². The molecule has 2 N–H and O–H groups in total. The van der Waals surface area contributed by atoms with Crippen LogP contribution >= 0.6 is 0 Å². The number of amides is 1. The summed E-state index contributed by atoms with van der Waals surface area (Å²) < 4.78 is 10.5. The fourth-order valence-electron chi connectivity index (χ4n) is 3.23. The Hall–Kier alpha value is -3.02. The number of benzene rings is 1. The van der Waals surface area contributed by atoms with E-state index in [0.717, 1.165) is 18.7 Å². The SMILES string of the molecule is COc1ccc(OC)c(NC(=O)c2ccc(NCCC3=CCCCC3)cn2)c1. The Kier molecular flexibility index (Phi) is 6.89. The predicted octanol–water partition coefficient (Wildman–Crippen LogP) is 4.65. The second-order valence-corrected chi connectivity index (χ2v) is 6.74. The largest absolute Gasteiger partial charge is 0.497 e. The van der Waals surface area contributed by atoms with Crippen LogP contribution in [0.15, 0.2) is 48.2 Å². The first kappa shape index (κ1) is 19.7. The van der Waals surface area contributed by atoms with Crippen LogP contribution in [0, 0.1) is 0 Å². The summed E-state index contributed by atoms with van der Waals surface area (Å²) in [7, 11) is 3.13. The molecular weight excluding hydrogens is 354 g/mol. The van der Waals surface area contributed by atoms with Crippen LogP contribution < -0.4 is 20.1 Å². The Balaban J connectivity index is 1.57. The highest BCUT2D eigenvalue weighted by Crippen LogP contribution is 2.29. The van der Waals surface area contributed by atoms with Gasteiger partial charge in [0.2, 0.25) is 0 Å². The Morgan fingerprint density at radius 2 is 2.04 bits per heavy atom. The van der Waals surface area contributed by atoms with Crippen LogP contribution in [-0.2, 0) is 0 Å². The number of hydrogen-bond acceptors (Lipinski definition) is 5. The second kappa shape index (κ2) is 9.78. The van der Waals surface area contributed by atoms with Crippen molar-refractivity contribution >= 4 is 17.3 Å². The van der Waals surface area contributed by atoms with Gasteiger partial charge >= 0.3 is 0 Å². The summed E-state index contributed by atoms with van der Waals surface area (Å²) in [6.45, 7) is 0.875. The maximum Gasteiger partial charge on any atom is 0.274 e. The van der Waals surface area contributed by atoms with Gasteiger partial charge in [0.05, 0.1) is 31.8 Å². The molecule has 0 atom stereocenters. The molecule has 6 nitrogen and oxygen atoms in total. The van der Waals surface area contributed by atoms with Gasteiger partial charge in [-0.25, -0.2) is 4.98 Å². The second-order valence-electron chi connectivity index (χ2n) is 6.74. The van der Waals surface area contributed by atoms with Gasteiger partial charge < -0.3 is 20.1 Å². The van der Waals surface area contributed by atoms with Crippen LogP contribution in [0.2, 0.25) is 0 Å². The molecule has 0 saturated heterocycles. The molecule has 3 rings (SSSR count). The highest BCUT2D eigenvalue weighted by Gasteiger charge is 2.12. The van der Waals surface area contributed by atoms with E-state index < -0.39 is 0 Å². The van der Waals surface area contributed by atoms with E-state index >= 15 is 0 Å². The minimum absolute atomic E-state index is 0.300. The number of ether oxygens (including phenoxy) is 2. The zero-order valence-corrected chi connectivity index (χ0v) is 16.5. The van der Waals surface area contributed by atoms with Crippen molar-refractivity contribution in [3.8, 4) is 11.5 Å². The van der Waals surface area contributed by atoms with Crippen LogP contribution in [0.4, 0.5) is 11.4 Å². The van der Waals surface area contributed by atoms with Crippen molar-refractivity contribution in [2.45, 2.75) is 32.1 Å². The molecule has 148 valence electrons. The quantitative estimate of drug-likeness (QED) is 0.651. The molecule has 1 aromatic carbocycles. The van der Waals surface area contributed by atoms with Crippen LogP contribution in [0.3, 0.4) is 0 Å². The van der Waals surface area contributed by atoms with E-state index in [1.807, 2.05) is 6.07 Å². The smallest absolute Gasteiger partial charge is 0.274 e. The lowest BCUT2D eigenvalue weighted by Crippen LogP contribution is -2.14. The average Bonchev–Trinajstić information content (AvgIpc) is 2.75. The Labute approximate surface area is 166 Å². The number of allylic oxidation sites excluding steroid dienone is 1. The number of nitrogens with zero attached hydrogens (tertiary/aromatic N) is 1. The number of carbonyl (C=O) groups is 1. The third-order valence-electron chi connectivity index (χ3n) is 4.81. The van der Waals surface area contributed by atoms with E-state index in [-0.39, 0.29) is 5.91 Å². The molecule has 0 fully saturated rings. The predicted molar refractivity (Wildman–Crippen MR) is 111 cm³/mol. The lowest BCUT2D eigenvalue weighted by atomic mass is 9.97. The van der Waals surface area contributed by atoms with Crippen molar-refractivity contribution in [1.82, 2.24) is 4.98 Å². The standard InChI is InChI=1S/C22H27N3O3/c1-27-18-9-11-21(28-2)20(14-18)25-22(26)19-10-8-17(15-24-19)23-13-12-16-6-4-3-5-7-16/h6,8-11,14-15,23H,3-5,7,12-13H2,1-2H3,(H,25,26). The molecule has 0 radical (unpaired) electrons. The van der Waals surface area contributed by atoms with Gasteiger partial charge in [-0.05, 0) is 56.4 Å². The molecule has 0 saturated carbocycles. The molecule has 0 unspecified atom stereocenters. The number of rotatable bonds is 8. The number of nitrogens with one attached hydrogen (secondary N) is 2. The molecule has 0 bridgehead atoms. The lowest BCUT2D eigenvalue weighted by Gasteiger charge is -2.13. The summed E-state index contributed by atoms with van der Waals surface area (Å²) in [6, 6.07) is 8.82. The molecule has 6 heteroatoms. The zero-order valence-electron chi connectivity index (χ0n) is 16.5. The number of pyridine rings is 1. The van der Waals surface area contributed by atoms with Gasteiger partial charge in [0.25, 0.3) is 5.91 Å². The van der Waals surface area contributed by atoms with Crippen molar-refractivity contribution < 1.29 is 14.3 Å². The van der Waals surface area contributed by atoms with E-state index in [9.17, 15) is 4.79 Å². The van der Waals surface area contributed by atoms with Crippen LogP contribution in [-0.4, -0.2) is 31.7 Å². The molecule has 1 aliphatic rings. The van der Waals surface area contributed by atoms with Crippen molar-refractivity contribution in [3.05, 3.63) is 53.9 Å². The number of hydrogen-bond donors (Lipinski definition) is 2. The van der Waals surface area contributed by atoms with E-state index in [1.165, 1.54) is 31.3 Å². The first-order chi connectivity index (χ1) is 13.7. The molecule has 1 aromatic heterocycles. The summed E-state index contributed by atoms with van der Waals surface area (Å²) >= 11 is 0. The molecule has 0 aliphatic heterocycles. The van der Waals surface area contributed by atoms with Gasteiger partial charge in [0, 0.05) is 12.6 Å². The minimum atomic E-state index is -0.300. The van der Waals surface area contributed by atoms with Crippen LogP contribution in [0.25, 0.3) is 0 Å². The molecule has 1 aliphatic carbocycles. The van der Waals surface area contributed by atoms with Gasteiger partial charge in [0.15, 0.2) is 0 Å². The monoisotopic (exact) mass is 381 g/mol. The fourth-order valence-corrected chi connectivity index (χ4v) is 3.23. The fraction of sp³-hybridized carbons (Fsp3) is 0.364. The highest BCUT2D eigenvalue weighted by atomic mass is 16.5. The van der Waals surface area contributed by atoms with Gasteiger partial charge in [-0.15, -0.1) is 0 Å². The van der Waals surface area contributed by atoms with Gasteiger partial charge in [-0.1, -0.05) is 11.6 Å². The summed E-state index contributed by atoms with van der Waals surface area (Å²) in [5.41, 5.74) is 3.32. The van der Waals surface area contributed by atoms with Crippen molar-refractivity contribution in [2.24, 2.45) is 0 Å². The number of methoxy groups -OCH3 is 2. The third-order valence-corrected chi connectivity index (χ3v) is 4.81. The lowest BCUT2D eigenvalue weighted by molar-refractivity contribution is 0.102. The first-order valence-electron chi connectivity index (χ1n) is 9.61. The van der Waals surface area contributed by atoms with Crippen molar-refractivity contribution in [3.63, 3.8) is 0 Å². The first-order valence-corrected chi connectivity index (χ1v) is 9.61. The molecular formula is C22H27N3O3. The normalized spacial score (nSPS) is 13.4. The molecule has 0 spiro atoms. The third kappa shape index (κ3) is 5.25. The topological polar surface area (TPSA) is 72.5 Å². The maximum atomic E-state index is 12.5. The highest BCUT2D eigenvalue weighted by molar-refractivity contribution is 6.03. The summed E-state index contributed by atoms with van der Waals surface area (Å²) in [5, 5.41) is 6.19. The number of aromatic nitrogens is 1. The molecule has 1 heterocycles. The van der Waals surface area contributed by atoms with E-state index in [2.05, 4.69) is 21.7 Å². The van der Waals surface area contributed by atoms with Gasteiger partial charge in [-0.3, -0.25) is 4.79 Å². The Morgan fingerprint density at radius 1 is 1.14 bits per heavy atom. The summed E-state index contributed by atoms with van der Waals surface area (Å²) in [5.74, 6) is 0.895. The Morgan fingerprint density at radius 3 is 2.71 bits per heavy atom. The summed E-state index contributed by atoms with van der Waals surface area (Å²) in [4.78, 5) is 16.8. The van der Waals surface area contributed by atoms with Crippen molar-refractivity contribution in [1.29, 1.82) is 0 Å². The minimum Gasteiger partial charge on any atom is -0.497 e. The van der Waals surface area contributed by atoms with Gasteiger partial charge in [0.1, 0.15) is 17.2 Å². The maximum absolute atomic E-state index is 12.5. The van der Waals surface area contributed by atoms with Crippen molar-refractivity contribution in [2.75, 3.05) is 31.4 Å². The number of carbonyl (C=O) groups excluding carboxylic acids is 1. The Bertz CT molecular complexity index is 831. The van der Waals surface area contributed by atoms with E-state index in [1.54, 1.807) is 44.7 Å². The summed E-state index contributed by atoms with van der Waals surface area (Å²) in [6.07, 6.45) is 10.1.